The molecule has 1 saturated heterocycles. The molecule has 42 heavy (non-hydrogen) atoms. The molecule has 1 aliphatic carbocycles. The first-order chi connectivity index (χ1) is 19.8. The predicted molar refractivity (Wildman–Crippen MR) is 157 cm³/mol. The topological polar surface area (TPSA) is 89.4 Å². The number of rotatable bonds is 4. The summed E-state index contributed by atoms with van der Waals surface area (Å²) in [5, 5.41) is 9.14. The first kappa shape index (κ1) is 27.3. The van der Waals surface area contributed by atoms with Gasteiger partial charge in [0.2, 0.25) is 0 Å². The first-order valence-electron chi connectivity index (χ1n) is 13.6. The molecule has 1 amide bonds. The van der Waals surface area contributed by atoms with Gasteiger partial charge in [0.1, 0.15) is 22.3 Å². The minimum atomic E-state index is -1.25. The number of halogens is 3. The number of anilines is 1. The molecule has 4 aliphatic rings. The Morgan fingerprint density at radius 1 is 1.19 bits per heavy atom. The van der Waals surface area contributed by atoms with Crippen molar-refractivity contribution in [3.05, 3.63) is 86.9 Å². The Kier molecular flexibility index (Phi) is 6.17. The van der Waals surface area contributed by atoms with Crippen LogP contribution in [-0.4, -0.2) is 51.2 Å². The quantitative estimate of drug-likeness (QED) is 0.222. The Morgan fingerprint density at radius 2 is 2.00 bits per heavy atom. The van der Waals surface area contributed by atoms with Crippen LogP contribution in [0.3, 0.4) is 0 Å². The van der Waals surface area contributed by atoms with Gasteiger partial charge in [0.05, 0.1) is 29.3 Å². The summed E-state index contributed by atoms with van der Waals surface area (Å²) >= 11 is 12.6. The lowest BCUT2D eigenvalue weighted by atomic mass is 9.74. The highest BCUT2D eigenvalue weighted by Gasteiger charge is 2.70. The normalized spacial score (nSPS) is 25.7. The molecule has 216 valence electrons. The molecular formula is C31H28Cl2FN5O3. The fraction of sp³-hybridized carbons (Fsp3) is 0.355. The van der Waals surface area contributed by atoms with Gasteiger partial charge in [-0.3, -0.25) is 14.4 Å². The molecule has 4 aromatic rings. The Morgan fingerprint density at radius 3 is 2.76 bits per heavy atom. The van der Waals surface area contributed by atoms with E-state index in [1.165, 1.54) is 13.2 Å². The molecule has 1 spiro atoms. The molecule has 1 N–H and O–H groups in total. The molecular weight excluding hydrogens is 580 g/mol. The average Bonchev–Trinajstić information content (AvgIpc) is 3.41. The smallest absolute Gasteiger partial charge is 0.337 e. The van der Waals surface area contributed by atoms with Crippen molar-refractivity contribution in [3.8, 4) is 0 Å². The van der Waals surface area contributed by atoms with Gasteiger partial charge in [0.25, 0.3) is 5.91 Å². The van der Waals surface area contributed by atoms with Crippen molar-refractivity contribution in [1.82, 2.24) is 19.7 Å². The number of ether oxygens (including phenoxy) is 1. The average molecular weight is 609 g/mol. The summed E-state index contributed by atoms with van der Waals surface area (Å²) in [7, 11) is 1.34. The largest absolute Gasteiger partial charge is 0.465 e. The number of fused-ring (bicyclic) bond motifs is 7. The standard InChI is InChI=1S/C30H24Cl2FN5O3.CH4/c1-41-28(39)15-7-8-16-20(11-15)36-38-21(16)12-22-26(38)24(17-3-2-4-19(31)25(17)33)30(37(22)13-14-5-6-14)18-9-10-23(32)34-27(18)35-29(30)40;/h2-4,7-11,14,22,24,26H,5-6,12-13H2,1H3,(H,34,35,40);1H4/t22-,24-,26+,30+;/m0./s1. The van der Waals surface area contributed by atoms with Crippen molar-refractivity contribution in [1.29, 1.82) is 0 Å². The van der Waals surface area contributed by atoms with Crippen LogP contribution in [-0.2, 0) is 21.5 Å². The fourth-order valence-corrected chi connectivity index (χ4v) is 7.79. The second-order valence-corrected chi connectivity index (χ2v) is 12.1. The minimum absolute atomic E-state index is 0. The van der Waals surface area contributed by atoms with Crippen molar-refractivity contribution in [3.63, 3.8) is 0 Å². The van der Waals surface area contributed by atoms with Crippen LogP contribution < -0.4 is 5.32 Å². The number of likely N-dealkylation sites (tertiary alicyclic amines) is 1. The van der Waals surface area contributed by atoms with Gasteiger partial charge in [-0.15, -0.1) is 0 Å². The second-order valence-electron chi connectivity index (χ2n) is 11.3. The lowest BCUT2D eigenvalue weighted by molar-refractivity contribution is -0.128. The van der Waals surface area contributed by atoms with Crippen molar-refractivity contribution in [2.24, 2.45) is 5.92 Å². The number of hydrogen-bond donors (Lipinski definition) is 1. The van der Waals surface area contributed by atoms with Crippen LogP contribution >= 0.6 is 23.2 Å². The monoisotopic (exact) mass is 607 g/mol. The fourth-order valence-electron chi connectivity index (χ4n) is 7.47. The zero-order chi connectivity index (χ0) is 28.2. The third kappa shape index (κ3) is 3.56. The molecule has 0 radical (unpaired) electrons. The molecule has 4 atom stereocenters. The van der Waals surface area contributed by atoms with Crippen LogP contribution in [0.1, 0.15) is 59.4 Å². The van der Waals surface area contributed by atoms with Crippen molar-refractivity contribution < 1.29 is 18.7 Å². The van der Waals surface area contributed by atoms with E-state index in [4.69, 9.17) is 33.0 Å². The summed E-state index contributed by atoms with van der Waals surface area (Å²) in [5.74, 6) is -1.09. The SMILES string of the molecule is C.COC(=O)c1ccc2c3n(nc2c1)[C@@H]1[C@H](C3)N(CC2CC2)[C@@]2(C(=O)Nc3nc(Cl)ccc32)[C@H]1c1cccc(Cl)c1F. The van der Waals surface area contributed by atoms with Crippen molar-refractivity contribution in [2.75, 3.05) is 19.0 Å². The first-order valence-corrected chi connectivity index (χ1v) is 14.4. The van der Waals surface area contributed by atoms with Gasteiger partial charge in [-0.2, -0.15) is 5.10 Å². The maximum atomic E-state index is 16.1. The van der Waals surface area contributed by atoms with E-state index in [1.807, 2.05) is 16.8 Å². The van der Waals surface area contributed by atoms with Crippen LogP contribution in [0.4, 0.5) is 10.2 Å². The molecule has 0 bridgehead atoms. The third-order valence-electron chi connectivity index (χ3n) is 9.26. The van der Waals surface area contributed by atoms with Crippen LogP contribution in [0.5, 0.6) is 0 Å². The molecule has 11 heteroatoms. The van der Waals surface area contributed by atoms with E-state index in [1.54, 1.807) is 30.3 Å². The zero-order valence-corrected chi connectivity index (χ0v) is 23.4. The summed E-state index contributed by atoms with van der Waals surface area (Å²) in [6.45, 7) is 0.685. The zero-order valence-electron chi connectivity index (χ0n) is 21.9. The number of benzene rings is 2. The minimum Gasteiger partial charge on any atom is -0.465 e. The summed E-state index contributed by atoms with van der Waals surface area (Å²) in [6, 6.07) is 13.3. The molecule has 2 fully saturated rings. The lowest BCUT2D eigenvalue weighted by Crippen LogP contribution is -2.53. The second kappa shape index (κ2) is 9.49. The molecule has 5 heterocycles. The van der Waals surface area contributed by atoms with Gasteiger partial charge in [0.15, 0.2) is 0 Å². The number of hydrogen-bond acceptors (Lipinski definition) is 6. The summed E-state index contributed by atoms with van der Waals surface area (Å²) in [6.07, 6.45) is 2.77. The van der Waals surface area contributed by atoms with E-state index in [0.29, 0.717) is 46.9 Å². The van der Waals surface area contributed by atoms with Crippen molar-refractivity contribution in [2.45, 2.75) is 50.2 Å². The van der Waals surface area contributed by atoms with Crippen molar-refractivity contribution >= 4 is 51.8 Å². The molecule has 3 aliphatic heterocycles. The number of carbonyl (C=O) groups excluding carboxylic acids is 2. The number of nitrogens with one attached hydrogen (secondary N) is 1. The number of carbonyl (C=O) groups is 2. The van der Waals surface area contributed by atoms with E-state index in [0.717, 1.165) is 23.9 Å². The van der Waals surface area contributed by atoms with Gasteiger partial charge in [-0.05, 0) is 54.7 Å². The Bertz CT molecular complexity index is 1810. The summed E-state index contributed by atoms with van der Waals surface area (Å²) in [4.78, 5) is 33.3. The van der Waals surface area contributed by atoms with Crippen LogP contribution in [0.15, 0.2) is 48.5 Å². The van der Waals surface area contributed by atoms with E-state index in [9.17, 15) is 9.59 Å². The van der Waals surface area contributed by atoms with Gasteiger partial charge in [0, 0.05) is 41.6 Å². The third-order valence-corrected chi connectivity index (χ3v) is 9.77. The highest BCUT2D eigenvalue weighted by atomic mass is 35.5. The maximum Gasteiger partial charge on any atom is 0.337 e. The van der Waals surface area contributed by atoms with Gasteiger partial charge in [-0.1, -0.05) is 48.8 Å². The van der Waals surface area contributed by atoms with Crippen LogP contribution in [0, 0.1) is 11.7 Å². The van der Waals surface area contributed by atoms with Crippen LogP contribution in [0.25, 0.3) is 10.9 Å². The molecule has 8 rings (SSSR count). The van der Waals surface area contributed by atoms with E-state index in [-0.39, 0.29) is 29.6 Å². The number of esters is 1. The molecule has 1 saturated carbocycles. The Balaban J connectivity index is 0.00000288. The van der Waals surface area contributed by atoms with E-state index >= 15 is 4.39 Å². The predicted octanol–water partition coefficient (Wildman–Crippen LogP) is 6.12. The molecule has 0 unspecified atom stereocenters. The number of pyridine rings is 1. The Hall–Kier alpha value is -3.53. The van der Waals surface area contributed by atoms with Gasteiger partial charge in [-0.25, -0.2) is 14.2 Å². The molecule has 2 aromatic carbocycles. The van der Waals surface area contributed by atoms with E-state index < -0.39 is 29.3 Å². The van der Waals surface area contributed by atoms with Gasteiger partial charge < -0.3 is 10.1 Å². The number of nitrogens with zero attached hydrogens (tertiary/aromatic N) is 4. The molecule has 8 nitrogen and oxygen atoms in total. The Labute approximate surface area is 251 Å². The van der Waals surface area contributed by atoms with E-state index in [2.05, 4.69) is 15.2 Å². The summed E-state index contributed by atoms with van der Waals surface area (Å²) in [5.41, 5.74) is 1.82. The summed E-state index contributed by atoms with van der Waals surface area (Å²) < 4.78 is 22.9. The van der Waals surface area contributed by atoms with Gasteiger partial charge >= 0.3 is 5.97 Å². The lowest BCUT2D eigenvalue weighted by Gasteiger charge is -2.40. The number of methoxy groups -OCH3 is 1. The highest BCUT2D eigenvalue weighted by Crippen LogP contribution is 2.64. The van der Waals surface area contributed by atoms with Crippen LogP contribution in [0.2, 0.25) is 10.2 Å². The molecule has 2 aromatic heterocycles. The maximum absolute atomic E-state index is 16.1. The number of amides is 1. The highest BCUT2D eigenvalue weighted by molar-refractivity contribution is 6.31. The number of aromatic nitrogens is 3.